The van der Waals surface area contributed by atoms with E-state index in [2.05, 4.69) is 15.8 Å². The number of nitrogens with one attached hydrogen (secondary N) is 1. The first kappa shape index (κ1) is 21.3. The third-order valence-electron chi connectivity index (χ3n) is 6.59. The topological polar surface area (TPSA) is 105 Å². The number of nitrogens with zero attached hydrogens (tertiary/aromatic N) is 1. The fourth-order valence-corrected chi connectivity index (χ4v) is 6.29. The van der Waals surface area contributed by atoms with Crippen LogP contribution in [0.25, 0.3) is 0 Å². The molecule has 0 aliphatic heterocycles. The van der Waals surface area contributed by atoms with Gasteiger partial charge >= 0.3 is 6.03 Å². The van der Waals surface area contributed by atoms with Crippen LogP contribution < -0.4 is 10.5 Å². The van der Waals surface area contributed by atoms with Crippen LogP contribution in [-0.4, -0.2) is 21.4 Å². The van der Waals surface area contributed by atoms with E-state index in [0.29, 0.717) is 21.9 Å². The summed E-state index contributed by atoms with van der Waals surface area (Å²) in [5, 5.41) is 19.3. The fraction of sp³-hybridized carbons (Fsp3) is 0.522. The van der Waals surface area contributed by atoms with Gasteiger partial charge in [-0.15, -0.1) is 4.36 Å². The average molecular weight is 430 g/mol. The quantitative estimate of drug-likeness (QED) is 0.670. The normalized spacial score (nSPS) is 25.3. The van der Waals surface area contributed by atoms with Gasteiger partial charge in [-0.3, -0.25) is 0 Å². The lowest BCUT2D eigenvalue weighted by Crippen LogP contribution is -2.42. The van der Waals surface area contributed by atoms with Crippen molar-refractivity contribution in [2.24, 2.45) is 15.4 Å². The minimum Gasteiger partial charge on any atom is -0.386 e. The molecule has 0 saturated heterocycles. The molecule has 1 fully saturated rings. The van der Waals surface area contributed by atoms with Crippen LogP contribution in [0.4, 0.5) is 4.79 Å². The van der Waals surface area contributed by atoms with Crippen molar-refractivity contribution in [1.82, 2.24) is 5.32 Å². The van der Waals surface area contributed by atoms with Gasteiger partial charge in [-0.25, -0.2) is 14.1 Å². The zero-order valence-electron chi connectivity index (χ0n) is 17.9. The number of aryl methyl sites for hydroxylation is 1. The van der Waals surface area contributed by atoms with Gasteiger partial charge in [0, 0.05) is 5.92 Å². The molecule has 4 N–H and O–H groups in total. The smallest absolute Gasteiger partial charge is 0.350 e. The van der Waals surface area contributed by atoms with Gasteiger partial charge < -0.3 is 10.4 Å². The summed E-state index contributed by atoms with van der Waals surface area (Å²) in [6.45, 7) is 5.12. The van der Waals surface area contributed by atoms with Crippen LogP contribution >= 0.6 is 0 Å². The number of hydrogen-bond donors (Lipinski definition) is 3. The fourth-order valence-electron chi connectivity index (χ4n) is 5.11. The number of hydrogen-bond acceptors (Lipinski definition) is 3. The van der Waals surface area contributed by atoms with Gasteiger partial charge in [0.15, 0.2) is 0 Å². The lowest BCUT2D eigenvalue weighted by molar-refractivity contribution is 0.0784. The van der Waals surface area contributed by atoms with E-state index in [0.717, 1.165) is 38.5 Å². The zero-order valence-corrected chi connectivity index (χ0v) is 18.7. The molecule has 1 aromatic rings. The predicted octanol–water partition coefficient (Wildman–Crippen LogP) is 4.22. The van der Waals surface area contributed by atoms with Crippen molar-refractivity contribution >= 4 is 15.9 Å². The predicted molar refractivity (Wildman–Crippen MR) is 118 cm³/mol. The van der Waals surface area contributed by atoms with Gasteiger partial charge in [-0.1, -0.05) is 23.8 Å². The molecule has 3 aliphatic rings. The molecule has 1 aromatic carbocycles. The summed E-state index contributed by atoms with van der Waals surface area (Å²) in [5.41, 5.74) is 4.40. The van der Waals surface area contributed by atoms with Crippen LogP contribution in [0.3, 0.4) is 0 Å². The van der Waals surface area contributed by atoms with Crippen LogP contribution in [0.1, 0.15) is 63.5 Å². The summed E-state index contributed by atoms with van der Waals surface area (Å²) in [6, 6.07) is 4.33. The molecule has 3 atom stereocenters. The first-order valence-corrected chi connectivity index (χ1v) is 12.3. The van der Waals surface area contributed by atoms with Crippen molar-refractivity contribution in [2.45, 2.75) is 75.8 Å². The minimum atomic E-state index is -3.40. The number of allylic oxidation sites excluding steroid dienone is 2. The summed E-state index contributed by atoms with van der Waals surface area (Å²) < 4.78 is 17.0. The van der Waals surface area contributed by atoms with E-state index in [1.165, 1.54) is 16.7 Å². The molecule has 2 amide bonds. The van der Waals surface area contributed by atoms with Gasteiger partial charge in [0.2, 0.25) is 0 Å². The molecular formula is C23H31N3O3S. The Morgan fingerprint density at radius 1 is 1.27 bits per heavy atom. The highest BCUT2D eigenvalue weighted by atomic mass is 32.2. The van der Waals surface area contributed by atoms with E-state index in [4.69, 9.17) is 5.14 Å². The van der Waals surface area contributed by atoms with Crippen molar-refractivity contribution in [2.75, 3.05) is 0 Å². The maximum Gasteiger partial charge on any atom is 0.350 e. The Hall–Kier alpha value is -1.96. The molecule has 3 unspecified atom stereocenters. The molecule has 0 heterocycles. The lowest BCUT2D eigenvalue weighted by atomic mass is 9.82. The lowest BCUT2D eigenvalue weighted by Gasteiger charge is -2.31. The molecule has 0 aromatic heterocycles. The molecular weight excluding hydrogens is 398 g/mol. The molecule has 6 nitrogen and oxygen atoms in total. The maximum absolute atomic E-state index is 13.1. The van der Waals surface area contributed by atoms with E-state index < -0.39 is 21.5 Å². The van der Waals surface area contributed by atoms with E-state index >= 15 is 0 Å². The Labute approximate surface area is 178 Å². The van der Waals surface area contributed by atoms with E-state index in [1.807, 2.05) is 0 Å². The number of carbonyl (C=O) groups excluding carboxylic acids is 1. The van der Waals surface area contributed by atoms with Gasteiger partial charge in [0.25, 0.3) is 0 Å². The van der Waals surface area contributed by atoms with Crippen LogP contribution in [0.5, 0.6) is 0 Å². The number of amides is 2. The Balaban J connectivity index is 1.59. The molecule has 7 heteroatoms. The second kappa shape index (κ2) is 7.62. The number of carbonyl (C=O) groups is 1. The summed E-state index contributed by atoms with van der Waals surface area (Å²) in [7, 11) is -3.40. The summed E-state index contributed by atoms with van der Waals surface area (Å²) >= 11 is 0. The highest BCUT2D eigenvalue weighted by molar-refractivity contribution is 7.91. The number of fused-ring (bicyclic) bond motifs is 1. The molecule has 162 valence electrons. The summed E-state index contributed by atoms with van der Waals surface area (Å²) in [6.07, 6.45) is 8.81. The Morgan fingerprint density at radius 3 is 2.73 bits per heavy atom. The van der Waals surface area contributed by atoms with Crippen molar-refractivity contribution in [1.29, 1.82) is 0 Å². The molecule has 1 saturated carbocycles. The second-order valence-electron chi connectivity index (χ2n) is 9.25. The first-order valence-electron chi connectivity index (χ1n) is 10.7. The van der Waals surface area contributed by atoms with Crippen LogP contribution in [0, 0.1) is 12.8 Å². The standard InChI is InChI=1S/C23H31N3O3S/c1-14-12-17(23(2,3)28)10-11-20(14)30(24,29)26-22(27)25-21-18-8-4-6-15(18)13-16-7-5-9-19(16)21/h10-13,18,21,28H,4-9H2,1-3H3,(H3,24,25,26,27,29). The number of benzene rings is 1. The van der Waals surface area contributed by atoms with Gasteiger partial charge in [0.05, 0.1) is 16.5 Å². The molecule has 30 heavy (non-hydrogen) atoms. The molecule has 0 bridgehead atoms. The van der Waals surface area contributed by atoms with Gasteiger partial charge in [-0.2, -0.15) is 0 Å². The van der Waals surface area contributed by atoms with Crippen molar-refractivity contribution < 1.29 is 14.1 Å². The van der Waals surface area contributed by atoms with Crippen LogP contribution in [0.15, 0.2) is 50.3 Å². The monoisotopic (exact) mass is 429 g/mol. The van der Waals surface area contributed by atoms with Gasteiger partial charge in [-0.05, 0) is 87.6 Å². The Kier molecular flexibility index (Phi) is 5.41. The third-order valence-corrected chi connectivity index (χ3v) is 8.12. The molecule has 4 rings (SSSR count). The number of urea groups is 1. The number of nitrogens with two attached hydrogens (primary N) is 1. The van der Waals surface area contributed by atoms with Crippen molar-refractivity contribution in [3.05, 3.63) is 52.1 Å². The Morgan fingerprint density at radius 2 is 2.03 bits per heavy atom. The van der Waals surface area contributed by atoms with E-state index in [1.54, 1.807) is 39.0 Å². The largest absolute Gasteiger partial charge is 0.386 e. The number of aliphatic hydroxyl groups is 1. The van der Waals surface area contributed by atoms with Crippen molar-refractivity contribution in [3.8, 4) is 0 Å². The molecule has 3 aliphatic carbocycles. The van der Waals surface area contributed by atoms with Crippen LogP contribution in [0.2, 0.25) is 0 Å². The summed E-state index contributed by atoms with van der Waals surface area (Å²) in [4.78, 5) is 13.1. The number of rotatable bonds is 3. The highest BCUT2D eigenvalue weighted by Crippen LogP contribution is 2.45. The summed E-state index contributed by atoms with van der Waals surface area (Å²) in [5.74, 6) is 0.322. The molecule has 0 radical (unpaired) electrons. The highest BCUT2D eigenvalue weighted by Gasteiger charge is 2.38. The van der Waals surface area contributed by atoms with Gasteiger partial charge in [0.1, 0.15) is 9.92 Å². The van der Waals surface area contributed by atoms with E-state index in [-0.39, 0.29) is 6.04 Å². The SMILES string of the molecule is Cc1cc(C(C)(C)O)ccc1S(N)(=O)=NC(=O)NC1C2=C(C=C3CCCC31)CCC2. The average Bonchev–Trinajstić information content (AvgIpc) is 3.28. The maximum atomic E-state index is 13.1. The Bertz CT molecular complexity index is 1070. The minimum absolute atomic E-state index is 0.0601. The third kappa shape index (κ3) is 3.98. The second-order valence-corrected chi connectivity index (χ2v) is 11.0. The first-order chi connectivity index (χ1) is 14.1. The van der Waals surface area contributed by atoms with Crippen LogP contribution in [-0.2, 0) is 15.5 Å². The zero-order chi connectivity index (χ0) is 21.7. The molecule has 0 spiro atoms. The van der Waals surface area contributed by atoms with E-state index in [9.17, 15) is 14.1 Å². The van der Waals surface area contributed by atoms with Crippen molar-refractivity contribution in [3.63, 3.8) is 0 Å².